The molecule has 0 saturated carbocycles. The van der Waals surface area contributed by atoms with Crippen LogP contribution in [-0.2, 0) is 24.3 Å². The van der Waals surface area contributed by atoms with Crippen LogP contribution in [0, 0.1) is 17.2 Å². The summed E-state index contributed by atoms with van der Waals surface area (Å²) in [5, 5.41) is 8.97. The molecular formula is C18H19Cl2N3O5S. The summed E-state index contributed by atoms with van der Waals surface area (Å²) in [5.74, 6) is -1.86. The molecule has 2 rings (SSSR count). The van der Waals surface area contributed by atoms with Crippen molar-refractivity contribution in [1.82, 2.24) is 4.31 Å². The Hall–Kier alpha value is -2.12. The van der Waals surface area contributed by atoms with Gasteiger partial charge in [0.2, 0.25) is 15.8 Å². The first kappa shape index (κ1) is 23.2. The van der Waals surface area contributed by atoms with Gasteiger partial charge in [-0.2, -0.15) is 9.57 Å². The van der Waals surface area contributed by atoms with Crippen LogP contribution in [0.15, 0.2) is 34.4 Å². The zero-order valence-corrected chi connectivity index (χ0v) is 17.9. The molecular weight excluding hydrogens is 441 g/mol. The van der Waals surface area contributed by atoms with Crippen LogP contribution in [0.5, 0.6) is 0 Å². The van der Waals surface area contributed by atoms with Gasteiger partial charge < -0.3 is 10.5 Å². The number of carbonyl (C=O) groups is 2. The first-order valence-corrected chi connectivity index (χ1v) is 10.8. The van der Waals surface area contributed by atoms with Gasteiger partial charge in [0, 0.05) is 18.8 Å². The van der Waals surface area contributed by atoms with E-state index in [4.69, 9.17) is 38.9 Å². The number of carbonyl (C=O) groups excluding carboxylic acids is 2. The molecule has 8 nitrogen and oxygen atoms in total. The second kappa shape index (κ2) is 9.59. The topological polar surface area (TPSA) is 131 Å². The van der Waals surface area contributed by atoms with E-state index in [-0.39, 0.29) is 52.1 Å². The van der Waals surface area contributed by atoms with Crippen molar-refractivity contribution in [2.45, 2.75) is 24.7 Å². The Kier molecular flexibility index (Phi) is 7.66. The lowest BCUT2D eigenvalue weighted by Gasteiger charge is -2.30. The number of Topliss-reactive ketones (excluding diaryl/α,β-unsaturated/α-hetero) is 1. The number of esters is 1. The second-order valence-electron chi connectivity index (χ2n) is 6.43. The van der Waals surface area contributed by atoms with E-state index in [1.54, 1.807) is 6.07 Å². The number of sulfonamides is 1. The van der Waals surface area contributed by atoms with Crippen molar-refractivity contribution in [3.63, 3.8) is 0 Å². The number of hydrogen-bond acceptors (Lipinski definition) is 7. The Morgan fingerprint density at radius 3 is 2.48 bits per heavy atom. The molecule has 1 saturated heterocycles. The van der Waals surface area contributed by atoms with Crippen LogP contribution in [0.25, 0.3) is 0 Å². The molecule has 0 aromatic heterocycles. The highest BCUT2D eigenvalue weighted by Gasteiger charge is 2.34. The average Bonchev–Trinajstić information content (AvgIpc) is 2.68. The number of nitrogens with two attached hydrogens (primary N) is 1. The first-order chi connectivity index (χ1) is 13.6. The number of piperidine rings is 1. The predicted octanol–water partition coefficient (Wildman–Crippen LogP) is 2.26. The van der Waals surface area contributed by atoms with Gasteiger partial charge >= 0.3 is 5.97 Å². The Labute approximate surface area is 178 Å². The Bertz CT molecular complexity index is 989. The van der Waals surface area contributed by atoms with E-state index >= 15 is 0 Å². The fraction of sp³-hybridized carbons (Fsp3) is 0.389. The van der Waals surface area contributed by atoms with E-state index < -0.39 is 34.3 Å². The number of allylic oxidation sites excluding steroid dienone is 1. The third-order valence-electron chi connectivity index (χ3n) is 4.45. The summed E-state index contributed by atoms with van der Waals surface area (Å²) in [4.78, 5) is 24.0. The van der Waals surface area contributed by atoms with Gasteiger partial charge in [-0.3, -0.25) is 9.59 Å². The van der Waals surface area contributed by atoms with E-state index in [0.717, 1.165) is 0 Å². The van der Waals surface area contributed by atoms with Gasteiger partial charge in [0.1, 0.15) is 16.5 Å². The molecule has 1 fully saturated rings. The highest BCUT2D eigenvalue weighted by molar-refractivity contribution is 7.89. The molecule has 1 aliphatic rings. The van der Waals surface area contributed by atoms with Crippen LogP contribution in [0.2, 0.25) is 10.0 Å². The van der Waals surface area contributed by atoms with Gasteiger partial charge in [0.25, 0.3) is 0 Å². The maximum atomic E-state index is 12.8. The molecule has 1 aromatic rings. The molecule has 0 bridgehead atoms. The average molecular weight is 460 g/mol. The number of benzene rings is 1. The smallest absolute Gasteiger partial charge is 0.309 e. The van der Waals surface area contributed by atoms with Crippen LogP contribution in [-0.4, -0.2) is 44.2 Å². The molecule has 0 atom stereocenters. The molecule has 2 N–H and O–H groups in total. The van der Waals surface area contributed by atoms with E-state index in [1.807, 2.05) is 0 Å². The molecule has 1 aromatic carbocycles. The van der Waals surface area contributed by atoms with E-state index in [1.165, 1.54) is 29.4 Å². The maximum absolute atomic E-state index is 12.8. The summed E-state index contributed by atoms with van der Waals surface area (Å²) in [6.45, 7) is 0.988. The summed E-state index contributed by atoms with van der Waals surface area (Å²) in [6, 6.07) is 6.03. The Balaban J connectivity index is 1.97. The fourth-order valence-electron chi connectivity index (χ4n) is 2.85. The highest BCUT2D eigenvalue weighted by Crippen LogP contribution is 2.32. The van der Waals surface area contributed by atoms with Gasteiger partial charge in [-0.05, 0) is 31.9 Å². The summed E-state index contributed by atoms with van der Waals surface area (Å²) in [6.07, 6.45) is 0.447. The van der Waals surface area contributed by atoms with Crippen molar-refractivity contribution in [3.05, 3.63) is 39.5 Å². The van der Waals surface area contributed by atoms with Crippen LogP contribution >= 0.6 is 23.2 Å². The Morgan fingerprint density at radius 1 is 1.31 bits per heavy atom. The van der Waals surface area contributed by atoms with Gasteiger partial charge in [-0.15, -0.1) is 0 Å². The molecule has 0 aliphatic carbocycles. The molecule has 0 radical (unpaired) electrons. The zero-order chi connectivity index (χ0) is 21.8. The molecule has 1 heterocycles. The lowest BCUT2D eigenvalue weighted by molar-refractivity contribution is -0.152. The Morgan fingerprint density at radius 2 is 1.93 bits per heavy atom. The molecule has 0 unspecified atom stereocenters. The van der Waals surface area contributed by atoms with Gasteiger partial charge in [0.15, 0.2) is 6.61 Å². The highest BCUT2D eigenvalue weighted by atomic mass is 35.5. The SMILES string of the molecule is CC(N)=C(C#N)C(=O)COC(=O)C1CCN(S(=O)(=O)c2cccc(Cl)c2Cl)CC1. The lowest BCUT2D eigenvalue weighted by Crippen LogP contribution is -2.40. The molecule has 156 valence electrons. The summed E-state index contributed by atoms with van der Waals surface area (Å²) < 4.78 is 31.8. The largest absolute Gasteiger partial charge is 0.457 e. The summed E-state index contributed by atoms with van der Waals surface area (Å²) >= 11 is 11.9. The molecule has 0 spiro atoms. The number of halogens is 2. The van der Waals surface area contributed by atoms with Crippen LogP contribution in [0.4, 0.5) is 0 Å². The summed E-state index contributed by atoms with van der Waals surface area (Å²) in [7, 11) is -3.86. The molecule has 1 aliphatic heterocycles. The van der Waals surface area contributed by atoms with Gasteiger partial charge in [-0.25, -0.2) is 8.42 Å². The molecule has 29 heavy (non-hydrogen) atoms. The number of ether oxygens (including phenoxy) is 1. The molecule has 0 amide bonds. The van der Waals surface area contributed by atoms with Crippen molar-refractivity contribution in [1.29, 1.82) is 5.26 Å². The van der Waals surface area contributed by atoms with Crippen LogP contribution in [0.3, 0.4) is 0 Å². The quantitative estimate of drug-likeness (QED) is 0.391. The zero-order valence-electron chi connectivity index (χ0n) is 15.5. The number of nitrogens with zero attached hydrogens (tertiary/aromatic N) is 2. The van der Waals surface area contributed by atoms with Gasteiger partial charge in [-0.1, -0.05) is 29.3 Å². The normalized spacial score (nSPS) is 16.6. The third-order valence-corrected chi connectivity index (χ3v) is 7.32. The van der Waals surface area contributed by atoms with E-state index in [2.05, 4.69) is 0 Å². The minimum absolute atomic E-state index is 0.0479. The summed E-state index contributed by atoms with van der Waals surface area (Å²) in [5.41, 5.74) is 5.23. The number of rotatable bonds is 6. The van der Waals surface area contributed by atoms with E-state index in [0.29, 0.717) is 0 Å². The lowest BCUT2D eigenvalue weighted by atomic mass is 9.98. The van der Waals surface area contributed by atoms with E-state index in [9.17, 15) is 18.0 Å². The maximum Gasteiger partial charge on any atom is 0.309 e. The number of ketones is 1. The minimum Gasteiger partial charge on any atom is -0.457 e. The molecule has 11 heteroatoms. The van der Waals surface area contributed by atoms with Crippen molar-refractivity contribution < 1.29 is 22.7 Å². The predicted molar refractivity (Wildman–Crippen MR) is 106 cm³/mol. The first-order valence-electron chi connectivity index (χ1n) is 8.60. The van der Waals surface area contributed by atoms with Crippen LogP contribution in [0.1, 0.15) is 19.8 Å². The fourth-order valence-corrected chi connectivity index (χ4v) is 5.06. The monoisotopic (exact) mass is 459 g/mol. The van der Waals surface area contributed by atoms with Crippen molar-refractivity contribution in [3.8, 4) is 6.07 Å². The van der Waals surface area contributed by atoms with Crippen molar-refractivity contribution in [2.24, 2.45) is 11.7 Å². The standard InChI is InChI=1S/C18H19Cl2N3O5S/c1-11(22)13(9-21)15(24)10-28-18(25)12-5-7-23(8-6-12)29(26,27)16-4-2-3-14(19)17(16)20/h2-4,12H,5-8,10,22H2,1H3. The third kappa shape index (κ3) is 5.28. The van der Waals surface area contributed by atoms with Crippen LogP contribution < -0.4 is 5.73 Å². The van der Waals surface area contributed by atoms with Crippen molar-refractivity contribution in [2.75, 3.05) is 19.7 Å². The number of nitriles is 1. The van der Waals surface area contributed by atoms with Crippen molar-refractivity contribution >= 4 is 45.0 Å². The van der Waals surface area contributed by atoms with Gasteiger partial charge in [0.05, 0.1) is 16.0 Å². The minimum atomic E-state index is -3.86. The second-order valence-corrected chi connectivity index (χ2v) is 9.12. The number of hydrogen-bond donors (Lipinski definition) is 1.